The van der Waals surface area contributed by atoms with Crippen molar-refractivity contribution in [2.24, 2.45) is 0 Å². The highest BCUT2D eigenvalue weighted by molar-refractivity contribution is 6.42. The van der Waals surface area contributed by atoms with Crippen LogP contribution in [-0.4, -0.2) is 38.7 Å². The van der Waals surface area contributed by atoms with E-state index in [4.69, 9.17) is 23.2 Å². The van der Waals surface area contributed by atoms with Crippen molar-refractivity contribution in [3.05, 3.63) is 56.9 Å². The van der Waals surface area contributed by atoms with Crippen LogP contribution in [0.25, 0.3) is 11.0 Å². The number of hydrogen-bond donors (Lipinski definition) is 3. The fourth-order valence-electron chi connectivity index (χ4n) is 3.60. The van der Waals surface area contributed by atoms with Crippen molar-refractivity contribution in [3.63, 3.8) is 0 Å². The number of aromatic nitrogens is 2. The lowest BCUT2D eigenvalue weighted by atomic mass is 10.0. The van der Waals surface area contributed by atoms with Crippen molar-refractivity contribution < 1.29 is 9.90 Å². The molecule has 2 heterocycles. The Balaban J connectivity index is 1.45. The van der Waals surface area contributed by atoms with Gasteiger partial charge in [0.15, 0.2) is 0 Å². The van der Waals surface area contributed by atoms with E-state index in [1.54, 1.807) is 45.9 Å². The van der Waals surface area contributed by atoms with Gasteiger partial charge in [-0.25, -0.2) is 9.59 Å². The molecule has 2 amide bonds. The van der Waals surface area contributed by atoms with Gasteiger partial charge in [-0.15, -0.1) is 0 Å². The van der Waals surface area contributed by atoms with Gasteiger partial charge >= 0.3 is 11.7 Å². The van der Waals surface area contributed by atoms with Gasteiger partial charge in [0.05, 0.1) is 15.6 Å². The van der Waals surface area contributed by atoms with E-state index in [9.17, 15) is 14.7 Å². The van der Waals surface area contributed by atoms with E-state index in [1.165, 1.54) is 0 Å². The third kappa shape index (κ3) is 3.43. The largest absolute Gasteiger partial charge is 0.506 e. The Bertz CT molecular complexity index is 1100. The number of phenols is 1. The van der Waals surface area contributed by atoms with Crippen LogP contribution in [0.2, 0.25) is 10.0 Å². The number of carbonyl (C=O) groups is 1. The highest BCUT2D eigenvalue weighted by atomic mass is 35.5. The minimum atomic E-state index is -0.254. The minimum Gasteiger partial charge on any atom is -0.506 e. The Labute approximate surface area is 170 Å². The number of H-pyrrole nitrogens is 1. The highest BCUT2D eigenvalue weighted by Gasteiger charge is 2.26. The number of halogens is 2. The van der Waals surface area contributed by atoms with Crippen molar-refractivity contribution in [1.29, 1.82) is 0 Å². The molecule has 0 saturated carbocycles. The summed E-state index contributed by atoms with van der Waals surface area (Å²) >= 11 is 11.9. The molecule has 1 saturated heterocycles. The Morgan fingerprint density at radius 2 is 1.89 bits per heavy atom. The molecule has 3 aromatic rings. The number of imidazole rings is 1. The number of para-hydroxylation sites is 1. The first-order chi connectivity index (χ1) is 13.4. The van der Waals surface area contributed by atoms with E-state index in [2.05, 4.69) is 10.3 Å². The molecular weight excluding hydrogens is 403 g/mol. The number of rotatable bonds is 2. The van der Waals surface area contributed by atoms with Crippen LogP contribution >= 0.6 is 23.2 Å². The summed E-state index contributed by atoms with van der Waals surface area (Å²) in [4.78, 5) is 29.3. The van der Waals surface area contributed by atoms with Crippen LogP contribution in [0.1, 0.15) is 18.9 Å². The van der Waals surface area contributed by atoms with Crippen molar-refractivity contribution in [2.75, 3.05) is 18.4 Å². The minimum absolute atomic E-state index is 0.0444. The zero-order chi connectivity index (χ0) is 19.8. The number of anilines is 1. The van der Waals surface area contributed by atoms with Gasteiger partial charge in [0, 0.05) is 24.8 Å². The van der Waals surface area contributed by atoms with Gasteiger partial charge in [0.1, 0.15) is 11.3 Å². The fraction of sp³-hybridized carbons (Fsp3) is 0.263. The summed E-state index contributed by atoms with van der Waals surface area (Å²) in [6, 6.07) is 9.71. The smallest absolute Gasteiger partial charge is 0.326 e. The molecule has 2 aromatic carbocycles. The zero-order valence-corrected chi connectivity index (χ0v) is 16.3. The van der Waals surface area contributed by atoms with Crippen LogP contribution in [0, 0.1) is 0 Å². The molecule has 28 heavy (non-hydrogen) atoms. The second-order valence-corrected chi connectivity index (χ2v) is 7.56. The first-order valence-electron chi connectivity index (χ1n) is 8.87. The van der Waals surface area contributed by atoms with E-state index in [0.717, 1.165) is 0 Å². The van der Waals surface area contributed by atoms with Gasteiger partial charge in [-0.05, 0) is 43.2 Å². The molecule has 7 nitrogen and oxygen atoms in total. The number of hydrogen-bond acceptors (Lipinski definition) is 3. The molecule has 0 unspecified atom stereocenters. The third-order valence-electron chi connectivity index (χ3n) is 5.02. The van der Waals surface area contributed by atoms with Gasteiger partial charge in [-0.2, -0.15) is 0 Å². The number of nitrogens with one attached hydrogen (secondary N) is 2. The number of amides is 2. The Kier molecular flexibility index (Phi) is 4.95. The lowest BCUT2D eigenvalue weighted by Gasteiger charge is -2.32. The van der Waals surface area contributed by atoms with Crippen LogP contribution in [0.4, 0.5) is 10.5 Å². The van der Waals surface area contributed by atoms with Crippen molar-refractivity contribution >= 4 is 46.0 Å². The normalized spacial score (nSPS) is 15.1. The van der Waals surface area contributed by atoms with Crippen LogP contribution in [-0.2, 0) is 0 Å². The van der Waals surface area contributed by atoms with E-state index < -0.39 is 0 Å². The summed E-state index contributed by atoms with van der Waals surface area (Å²) in [5, 5.41) is 13.6. The number of urea groups is 1. The molecule has 0 atom stereocenters. The van der Waals surface area contributed by atoms with Gasteiger partial charge in [-0.3, -0.25) is 4.57 Å². The van der Waals surface area contributed by atoms with Crippen molar-refractivity contribution in [1.82, 2.24) is 14.5 Å². The highest BCUT2D eigenvalue weighted by Crippen LogP contribution is 2.29. The standard InChI is InChI=1S/C19H18Cl2N4O3/c20-13-5-4-11(10-14(13)21)22-18(27)24-8-6-12(7-9-24)25-15-2-1-3-16(26)17(15)23-19(25)28/h1-5,10,12,26H,6-9H2,(H,22,27)(H,23,28). The number of carbonyl (C=O) groups excluding carboxylic acids is 1. The van der Waals surface area contributed by atoms with E-state index >= 15 is 0 Å². The molecule has 0 bridgehead atoms. The fourth-order valence-corrected chi connectivity index (χ4v) is 3.90. The maximum atomic E-state index is 12.5. The number of likely N-dealkylation sites (tertiary alicyclic amines) is 1. The number of piperidine rings is 1. The average Bonchev–Trinajstić information content (AvgIpc) is 3.02. The number of benzene rings is 2. The van der Waals surface area contributed by atoms with Crippen LogP contribution in [0.5, 0.6) is 5.75 Å². The summed E-state index contributed by atoms with van der Waals surface area (Å²) in [5.41, 5.74) is 1.43. The molecule has 1 aliphatic rings. The van der Waals surface area contributed by atoms with Gasteiger partial charge in [-0.1, -0.05) is 29.3 Å². The molecule has 146 valence electrons. The van der Waals surface area contributed by atoms with Crippen molar-refractivity contribution in [2.45, 2.75) is 18.9 Å². The number of nitrogens with zero attached hydrogens (tertiary/aromatic N) is 2. The van der Waals surface area contributed by atoms with Gasteiger partial charge in [0.2, 0.25) is 0 Å². The molecule has 9 heteroatoms. The molecule has 0 spiro atoms. The number of aromatic amines is 1. The first-order valence-corrected chi connectivity index (χ1v) is 9.63. The second-order valence-electron chi connectivity index (χ2n) is 6.75. The molecule has 1 aromatic heterocycles. The van der Waals surface area contributed by atoms with Crippen LogP contribution < -0.4 is 11.0 Å². The molecule has 1 fully saturated rings. The first kappa shape index (κ1) is 18.7. The number of phenolic OH excluding ortho intramolecular Hbond substituents is 1. The molecule has 1 aliphatic heterocycles. The molecule has 3 N–H and O–H groups in total. The van der Waals surface area contributed by atoms with Crippen molar-refractivity contribution in [3.8, 4) is 5.75 Å². The average molecular weight is 421 g/mol. The van der Waals surface area contributed by atoms with Gasteiger partial charge in [0.25, 0.3) is 0 Å². The van der Waals surface area contributed by atoms with Crippen LogP contribution in [0.15, 0.2) is 41.2 Å². The zero-order valence-electron chi connectivity index (χ0n) is 14.8. The number of aromatic hydroxyl groups is 1. The topological polar surface area (TPSA) is 90.4 Å². The van der Waals surface area contributed by atoms with Crippen LogP contribution in [0.3, 0.4) is 0 Å². The van der Waals surface area contributed by atoms with Gasteiger partial charge < -0.3 is 20.3 Å². The Hall–Kier alpha value is -2.64. The Morgan fingerprint density at radius 3 is 2.61 bits per heavy atom. The van der Waals surface area contributed by atoms with E-state index in [-0.39, 0.29) is 23.5 Å². The molecule has 4 rings (SSSR count). The van der Waals surface area contributed by atoms with E-state index in [0.29, 0.717) is 52.7 Å². The van der Waals surface area contributed by atoms with E-state index in [1.807, 2.05) is 0 Å². The monoisotopic (exact) mass is 420 g/mol. The summed E-state index contributed by atoms with van der Waals surface area (Å²) in [5.74, 6) is 0.0480. The lowest BCUT2D eigenvalue weighted by molar-refractivity contribution is 0.184. The molecule has 0 radical (unpaired) electrons. The SMILES string of the molecule is O=C(Nc1ccc(Cl)c(Cl)c1)N1CCC(n2c(=O)[nH]c3c(O)cccc32)CC1. The predicted molar refractivity (Wildman–Crippen MR) is 110 cm³/mol. The Morgan fingerprint density at radius 1 is 1.14 bits per heavy atom. The maximum Gasteiger partial charge on any atom is 0.326 e. The quantitative estimate of drug-likeness (QED) is 0.579. The summed E-state index contributed by atoms with van der Waals surface area (Å²) in [7, 11) is 0. The summed E-state index contributed by atoms with van der Waals surface area (Å²) in [6.45, 7) is 1.02. The summed E-state index contributed by atoms with van der Waals surface area (Å²) in [6.07, 6.45) is 1.27. The summed E-state index contributed by atoms with van der Waals surface area (Å²) < 4.78 is 1.67. The lowest BCUT2D eigenvalue weighted by Crippen LogP contribution is -2.42. The number of fused-ring (bicyclic) bond motifs is 1. The second kappa shape index (κ2) is 7.41. The molecular formula is C19H18Cl2N4O3. The molecule has 0 aliphatic carbocycles. The third-order valence-corrected chi connectivity index (χ3v) is 5.76. The predicted octanol–water partition coefficient (Wildman–Crippen LogP) is 4.21. The maximum absolute atomic E-state index is 12.5.